The van der Waals surface area contributed by atoms with Gasteiger partial charge >= 0.3 is 19.8 Å². The van der Waals surface area contributed by atoms with Crippen molar-refractivity contribution in [2.45, 2.75) is 328 Å². The van der Waals surface area contributed by atoms with E-state index in [2.05, 4.69) is 74.6 Å². The Morgan fingerprint density at radius 1 is 0.403 bits per heavy atom. The van der Waals surface area contributed by atoms with Gasteiger partial charge in [-0.15, -0.1) is 0 Å². The number of rotatable bonds is 62. The van der Waals surface area contributed by atoms with Crippen LogP contribution in [0.25, 0.3) is 0 Å². The zero-order valence-corrected chi connectivity index (χ0v) is 51.3. The van der Waals surface area contributed by atoms with E-state index in [1.807, 2.05) is 0 Å². The van der Waals surface area contributed by atoms with Crippen LogP contribution in [-0.2, 0) is 32.7 Å². The summed E-state index contributed by atoms with van der Waals surface area (Å²) in [7, 11) is -4.39. The van der Waals surface area contributed by atoms with Gasteiger partial charge in [-0.1, -0.05) is 293 Å². The third kappa shape index (κ3) is 62.8. The monoisotopic (exact) mass is 1100 g/mol. The molecule has 0 aromatic heterocycles. The highest BCUT2D eigenvalue weighted by atomic mass is 31.2. The van der Waals surface area contributed by atoms with E-state index >= 15 is 0 Å². The zero-order chi connectivity index (χ0) is 55.9. The quantitative estimate of drug-likeness (QED) is 0.0264. The fourth-order valence-electron chi connectivity index (χ4n) is 9.57. The van der Waals surface area contributed by atoms with Crippen molar-refractivity contribution in [3.05, 3.63) is 60.8 Å². The normalized spacial score (nSPS) is 13.4. The van der Waals surface area contributed by atoms with Crippen molar-refractivity contribution in [1.82, 2.24) is 0 Å². The van der Waals surface area contributed by atoms with Crippen LogP contribution in [0.4, 0.5) is 0 Å². The molecule has 0 bridgehead atoms. The topological polar surface area (TPSA) is 134 Å². The number of allylic oxidation sites excluding steroid dienone is 10. The fraction of sp³-hybridized carbons (Fsp3) is 0.821. The van der Waals surface area contributed by atoms with Crippen LogP contribution in [0.2, 0.25) is 0 Å². The van der Waals surface area contributed by atoms with Gasteiger partial charge in [0.2, 0.25) is 0 Å². The zero-order valence-electron chi connectivity index (χ0n) is 50.4. The second-order valence-electron chi connectivity index (χ2n) is 22.0. The van der Waals surface area contributed by atoms with E-state index in [-0.39, 0.29) is 38.6 Å². The number of hydrogen-bond donors (Lipinski definition) is 2. The van der Waals surface area contributed by atoms with Gasteiger partial charge in [-0.3, -0.25) is 18.6 Å². The molecular weight excluding hydrogens is 978 g/mol. The first-order valence-corrected chi connectivity index (χ1v) is 34.3. The maximum atomic E-state index is 12.7. The molecule has 77 heavy (non-hydrogen) atoms. The minimum Gasteiger partial charge on any atom is -0.462 e. The number of unbranched alkanes of at least 4 members (excludes halogenated alkanes) is 39. The number of ether oxygens (including phenoxy) is 2. The van der Waals surface area contributed by atoms with Gasteiger partial charge in [0.25, 0.3) is 0 Å². The Labute approximate surface area is 476 Å². The molecule has 0 aromatic rings. The van der Waals surface area contributed by atoms with Crippen LogP contribution in [0.3, 0.4) is 0 Å². The van der Waals surface area contributed by atoms with Crippen LogP contribution in [0.15, 0.2) is 60.8 Å². The molecule has 0 aliphatic heterocycles. The highest BCUT2D eigenvalue weighted by Crippen LogP contribution is 2.43. The summed E-state index contributed by atoms with van der Waals surface area (Å²) in [6, 6.07) is 0. The molecule has 10 heteroatoms. The Bertz CT molecular complexity index is 1440. The van der Waals surface area contributed by atoms with Crippen molar-refractivity contribution in [2.24, 2.45) is 5.73 Å². The Kier molecular flexibility index (Phi) is 61.0. The van der Waals surface area contributed by atoms with E-state index in [9.17, 15) is 19.0 Å². The van der Waals surface area contributed by atoms with Crippen LogP contribution in [-0.4, -0.2) is 49.3 Å². The minimum atomic E-state index is -4.39. The number of hydrogen-bond acceptors (Lipinski definition) is 8. The van der Waals surface area contributed by atoms with Crippen molar-refractivity contribution >= 4 is 19.8 Å². The summed E-state index contributed by atoms with van der Waals surface area (Å²) in [6.07, 6.45) is 80.4. The molecule has 0 amide bonds. The number of phosphoric acid groups is 1. The number of esters is 2. The van der Waals surface area contributed by atoms with Gasteiger partial charge in [-0.2, -0.15) is 0 Å². The average molecular weight is 1100 g/mol. The molecule has 0 fully saturated rings. The summed E-state index contributed by atoms with van der Waals surface area (Å²) >= 11 is 0. The third-order valence-corrected chi connectivity index (χ3v) is 15.4. The van der Waals surface area contributed by atoms with Gasteiger partial charge in [-0.25, -0.2) is 4.57 Å². The first-order chi connectivity index (χ1) is 37.8. The van der Waals surface area contributed by atoms with E-state index in [1.54, 1.807) is 0 Å². The molecule has 0 heterocycles. The van der Waals surface area contributed by atoms with Gasteiger partial charge in [0, 0.05) is 19.4 Å². The Balaban J connectivity index is 3.73. The third-order valence-electron chi connectivity index (χ3n) is 14.4. The maximum Gasteiger partial charge on any atom is 0.472 e. The molecular formula is C67H124NO8P. The molecule has 0 aromatic carbocycles. The van der Waals surface area contributed by atoms with Crippen molar-refractivity contribution in [3.63, 3.8) is 0 Å². The van der Waals surface area contributed by atoms with Crippen molar-refractivity contribution < 1.29 is 37.6 Å². The summed E-state index contributed by atoms with van der Waals surface area (Å²) in [5, 5.41) is 0. The summed E-state index contributed by atoms with van der Waals surface area (Å²) in [4.78, 5) is 35.2. The Morgan fingerprint density at radius 3 is 1.08 bits per heavy atom. The maximum absolute atomic E-state index is 12.7. The lowest BCUT2D eigenvalue weighted by atomic mass is 10.0. The number of nitrogens with two attached hydrogens (primary N) is 1. The van der Waals surface area contributed by atoms with Gasteiger partial charge in [-0.05, 0) is 77.0 Å². The largest absolute Gasteiger partial charge is 0.472 e. The van der Waals surface area contributed by atoms with Gasteiger partial charge in [0.05, 0.1) is 13.2 Å². The highest BCUT2D eigenvalue weighted by molar-refractivity contribution is 7.47. The molecule has 0 aliphatic rings. The molecule has 2 unspecified atom stereocenters. The summed E-state index contributed by atoms with van der Waals surface area (Å²) in [5.74, 6) is -0.823. The van der Waals surface area contributed by atoms with E-state index in [4.69, 9.17) is 24.3 Å². The van der Waals surface area contributed by atoms with Gasteiger partial charge < -0.3 is 20.1 Å². The SMILES string of the molecule is CC/C=C\C/C=C\C/C=C\C/C=C\CCCCCCCCCCCCCCCCCCCCCCCCCCCCCCC(=O)OC(COC(=O)CCCCCCC/C=C\CCCCCCCC)COP(=O)(O)OCCN. The summed E-state index contributed by atoms with van der Waals surface area (Å²) < 4.78 is 33.0. The Morgan fingerprint density at radius 2 is 0.714 bits per heavy atom. The first-order valence-electron chi connectivity index (χ1n) is 32.8. The number of carbonyl (C=O) groups excluding carboxylic acids is 2. The molecule has 450 valence electrons. The molecule has 0 rings (SSSR count). The first kappa shape index (κ1) is 74.7. The van der Waals surface area contributed by atoms with Gasteiger partial charge in [0.15, 0.2) is 6.10 Å². The molecule has 3 N–H and O–H groups in total. The van der Waals surface area contributed by atoms with E-state index in [1.165, 1.54) is 212 Å². The van der Waals surface area contributed by atoms with Crippen LogP contribution in [0.1, 0.15) is 322 Å². The smallest absolute Gasteiger partial charge is 0.462 e. The second kappa shape index (κ2) is 62.9. The number of phosphoric ester groups is 1. The van der Waals surface area contributed by atoms with Gasteiger partial charge in [0.1, 0.15) is 6.61 Å². The van der Waals surface area contributed by atoms with Crippen LogP contribution >= 0.6 is 7.82 Å². The lowest BCUT2D eigenvalue weighted by Crippen LogP contribution is -2.29. The predicted molar refractivity (Wildman–Crippen MR) is 330 cm³/mol. The van der Waals surface area contributed by atoms with E-state index in [0.717, 1.165) is 77.0 Å². The molecule has 0 saturated carbocycles. The van der Waals surface area contributed by atoms with E-state index < -0.39 is 26.5 Å². The van der Waals surface area contributed by atoms with E-state index in [0.29, 0.717) is 6.42 Å². The minimum absolute atomic E-state index is 0.0537. The summed E-state index contributed by atoms with van der Waals surface area (Å²) in [6.45, 7) is 3.65. The molecule has 0 radical (unpaired) electrons. The average Bonchev–Trinajstić information content (AvgIpc) is 3.42. The van der Waals surface area contributed by atoms with Crippen LogP contribution in [0, 0.1) is 0 Å². The molecule has 9 nitrogen and oxygen atoms in total. The molecule has 0 spiro atoms. The van der Waals surface area contributed by atoms with Crippen LogP contribution < -0.4 is 5.73 Å². The number of carbonyl (C=O) groups is 2. The summed E-state index contributed by atoms with van der Waals surface area (Å²) in [5.41, 5.74) is 5.38. The van der Waals surface area contributed by atoms with Crippen LogP contribution in [0.5, 0.6) is 0 Å². The molecule has 0 saturated heterocycles. The lowest BCUT2D eigenvalue weighted by Gasteiger charge is -2.19. The second-order valence-corrected chi connectivity index (χ2v) is 23.4. The Hall–Kier alpha value is -2.29. The predicted octanol–water partition coefficient (Wildman–Crippen LogP) is 21.1. The molecule has 0 aliphatic carbocycles. The van der Waals surface area contributed by atoms with Crippen molar-refractivity contribution in [1.29, 1.82) is 0 Å². The highest BCUT2D eigenvalue weighted by Gasteiger charge is 2.26. The fourth-order valence-corrected chi connectivity index (χ4v) is 10.3. The lowest BCUT2D eigenvalue weighted by molar-refractivity contribution is -0.161. The van der Waals surface area contributed by atoms with Crippen molar-refractivity contribution in [3.8, 4) is 0 Å². The molecule has 2 atom stereocenters. The standard InChI is InChI=1S/C67H124NO8P/c1-3-5-7-9-11-13-15-17-19-20-21-22-23-24-25-26-27-28-29-30-31-32-33-34-35-36-37-38-39-40-41-42-43-44-46-48-50-52-54-56-58-60-67(70)76-65(64-75-77(71,72)74-62-61-68)63-73-66(69)59-57-55-53-51-49-47-45-18-16-14-12-10-8-6-4-2/h5,7,11,13,17-19,21-22,45,65H,3-4,6,8-10,12,14-16,20,23-44,46-64,68H2,1-2H3,(H,71,72)/b7-5-,13-11-,19-17-,22-21-,45-18-. The van der Waals surface area contributed by atoms with Crippen molar-refractivity contribution in [2.75, 3.05) is 26.4 Å².